The highest BCUT2D eigenvalue weighted by atomic mass is 35.5. The van der Waals surface area contributed by atoms with E-state index in [4.69, 9.17) is 21.1 Å². The fourth-order valence-corrected chi connectivity index (χ4v) is 6.36. The average molecular weight is 621 g/mol. The summed E-state index contributed by atoms with van der Waals surface area (Å²) < 4.78 is 39.4. The number of benzene rings is 2. The first-order valence-electron chi connectivity index (χ1n) is 14.8. The molecule has 4 aromatic rings. The third-order valence-corrected chi connectivity index (χ3v) is 9.06. The van der Waals surface area contributed by atoms with Crippen LogP contribution in [-0.4, -0.2) is 74.0 Å². The number of fused-ring (bicyclic) bond motifs is 1. The van der Waals surface area contributed by atoms with Gasteiger partial charge < -0.3 is 19.4 Å². The van der Waals surface area contributed by atoms with Gasteiger partial charge in [0, 0.05) is 66.5 Å². The van der Waals surface area contributed by atoms with Crippen LogP contribution in [0, 0.1) is 5.41 Å². The molecule has 0 bridgehead atoms. The number of hydrogen-bond acceptors (Lipinski definition) is 6. The molecule has 2 aliphatic rings. The zero-order valence-electron chi connectivity index (χ0n) is 24.6. The van der Waals surface area contributed by atoms with Crippen molar-refractivity contribution in [1.82, 2.24) is 14.9 Å². The van der Waals surface area contributed by atoms with E-state index in [1.807, 2.05) is 54.7 Å². The Morgan fingerprint density at radius 2 is 1.82 bits per heavy atom. The van der Waals surface area contributed by atoms with Crippen LogP contribution in [-0.2, 0) is 4.74 Å². The summed E-state index contributed by atoms with van der Waals surface area (Å²) in [6.45, 7) is 2.39. The van der Waals surface area contributed by atoms with Crippen molar-refractivity contribution < 1.29 is 23.0 Å². The molecule has 1 fully saturated rings. The number of carbonyl (C=O) groups excluding carboxylic acids is 1. The van der Waals surface area contributed by atoms with Gasteiger partial charge in [-0.25, -0.2) is 9.78 Å². The van der Waals surface area contributed by atoms with E-state index in [1.54, 1.807) is 12.3 Å². The van der Waals surface area contributed by atoms with Gasteiger partial charge >= 0.3 is 5.97 Å². The van der Waals surface area contributed by atoms with Gasteiger partial charge in [-0.2, -0.15) is 0 Å². The van der Waals surface area contributed by atoms with E-state index in [1.165, 1.54) is 12.7 Å². The minimum atomic E-state index is -0.938. The smallest absolute Gasteiger partial charge is 0.341 e. The Hall–Kier alpha value is -3.95. The van der Waals surface area contributed by atoms with Crippen molar-refractivity contribution >= 4 is 39.9 Å². The second kappa shape index (κ2) is 13.0. The van der Waals surface area contributed by atoms with Gasteiger partial charge in [-0.3, -0.25) is 13.7 Å². The largest absolute Gasteiger partial charge is 0.465 e. The second-order valence-corrected chi connectivity index (χ2v) is 12.1. The number of halogens is 3. The van der Waals surface area contributed by atoms with Gasteiger partial charge in [-0.05, 0) is 66.8 Å². The van der Waals surface area contributed by atoms with E-state index in [-0.39, 0.29) is 0 Å². The number of esters is 1. The molecule has 0 saturated carbocycles. The first-order chi connectivity index (χ1) is 21.4. The lowest BCUT2D eigenvalue weighted by molar-refractivity contribution is 0.0598. The predicted octanol–water partition coefficient (Wildman–Crippen LogP) is 7.48. The molecule has 1 saturated heterocycles. The molecule has 1 N–H and O–H groups in total. The summed E-state index contributed by atoms with van der Waals surface area (Å²) in [5.74, 6) is 0.420. The molecule has 2 aromatic carbocycles. The Morgan fingerprint density at radius 1 is 1.05 bits per heavy atom. The van der Waals surface area contributed by atoms with Crippen molar-refractivity contribution in [2.24, 2.45) is 5.41 Å². The van der Waals surface area contributed by atoms with Crippen molar-refractivity contribution in [3.05, 3.63) is 88.7 Å². The van der Waals surface area contributed by atoms with Gasteiger partial charge in [-0.1, -0.05) is 29.3 Å². The Kier molecular flexibility index (Phi) is 8.86. The molecular formula is C34H35ClF2N4O3. The van der Waals surface area contributed by atoms with Crippen LogP contribution in [0.25, 0.3) is 16.6 Å². The number of rotatable bonds is 9. The number of nitrogens with one attached hydrogen (secondary N) is 1. The fraction of sp³-hybridized carbons (Fsp3) is 0.353. The number of carbonyl (C=O) groups is 1. The Labute approximate surface area is 260 Å². The third-order valence-electron chi connectivity index (χ3n) is 8.81. The molecule has 0 amide bonds. The van der Waals surface area contributed by atoms with Crippen LogP contribution >= 0.6 is 11.6 Å². The van der Waals surface area contributed by atoms with Gasteiger partial charge in [0.1, 0.15) is 22.7 Å². The number of ether oxygens (including phenoxy) is 2. The lowest BCUT2D eigenvalue weighted by Crippen LogP contribution is -2.47. The number of alkyl halides is 2. The number of H-pyrrole nitrogens is 1. The number of aromatic amines is 1. The quantitative estimate of drug-likeness (QED) is 0.196. The Bertz CT molecular complexity index is 1660. The van der Waals surface area contributed by atoms with Crippen LogP contribution in [0.2, 0.25) is 5.02 Å². The number of pyridine rings is 1. The van der Waals surface area contributed by atoms with Gasteiger partial charge in [0.2, 0.25) is 0 Å². The highest BCUT2D eigenvalue weighted by molar-refractivity contribution is 6.30. The van der Waals surface area contributed by atoms with Crippen LogP contribution in [0.15, 0.2) is 72.6 Å². The van der Waals surface area contributed by atoms with E-state index in [0.717, 1.165) is 54.0 Å². The topological polar surface area (TPSA) is 70.7 Å². The molecule has 0 unspecified atom stereocenters. The summed E-state index contributed by atoms with van der Waals surface area (Å²) in [6, 6.07) is 17.0. The summed E-state index contributed by atoms with van der Waals surface area (Å²) in [5.41, 5.74) is 4.41. The SMILES string of the molecule is COC(=O)c1ccc(N2CCN(CC3=C(c4ccc(Cl)cc4)CCC(CF)(CF)C3)CC2)cc1Oc1cnc2[nH]ccc2c1. The predicted molar refractivity (Wildman–Crippen MR) is 169 cm³/mol. The van der Waals surface area contributed by atoms with Gasteiger partial charge in [0.05, 0.1) is 26.7 Å². The second-order valence-electron chi connectivity index (χ2n) is 11.7. The van der Waals surface area contributed by atoms with Crippen molar-refractivity contribution in [2.45, 2.75) is 19.3 Å². The summed E-state index contributed by atoms with van der Waals surface area (Å²) >= 11 is 6.13. The maximum Gasteiger partial charge on any atom is 0.341 e. The summed E-state index contributed by atoms with van der Waals surface area (Å²) in [7, 11) is 1.35. The molecule has 6 rings (SSSR count). The number of nitrogens with zero attached hydrogens (tertiary/aromatic N) is 3. The van der Waals surface area contributed by atoms with Crippen molar-refractivity contribution in [1.29, 1.82) is 0 Å². The molecule has 44 heavy (non-hydrogen) atoms. The standard InChI is InChI=1S/C34H35ClF2N4O3/c1-43-33(42)30-7-6-27(17-31(30)44-28-16-24-9-11-38-32(24)39-19-28)41-14-12-40(13-15-41)20-25-18-34(21-36,22-37)10-8-29(25)23-2-4-26(35)5-3-23/h2-7,9,11,16-17,19H,8,10,12-15,18,20-22H2,1H3,(H,38,39). The minimum absolute atomic E-state index is 0.326. The average Bonchev–Trinajstić information content (AvgIpc) is 3.53. The number of allylic oxidation sites excluding steroid dienone is 1. The first kappa shape index (κ1) is 30.1. The molecule has 7 nitrogen and oxygen atoms in total. The molecule has 230 valence electrons. The van der Waals surface area contributed by atoms with Crippen LogP contribution in [0.3, 0.4) is 0 Å². The van der Waals surface area contributed by atoms with E-state index < -0.39 is 24.7 Å². The van der Waals surface area contributed by atoms with E-state index in [9.17, 15) is 13.6 Å². The lowest BCUT2D eigenvalue weighted by Gasteiger charge is -2.40. The lowest BCUT2D eigenvalue weighted by atomic mass is 9.71. The normalized spacial score (nSPS) is 17.2. The van der Waals surface area contributed by atoms with Crippen LogP contribution in [0.5, 0.6) is 11.5 Å². The highest BCUT2D eigenvalue weighted by Crippen LogP contribution is 2.44. The van der Waals surface area contributed by atoms with Crippen molar-refractivity contribution in [2.75, 3.05) is 58.1 Å². The number of methoxy groups -OCH3 is 1. The molecule has 0 radical (unpaired) electrons. The fourth-order valence-electron chi connectivity index (χ4n) is 6.24. The van der Waals surface area contributed by atoms with Crippen LogP contribution in [0.1, 0.15) is 35.2 Å². The zero-order chi connectivity index (χ0) is 30.7. The molecule has 3 heterocycles. The van der Waals surface area contributed by atoms with Crippen LogP contribution < -0.4 is 9.64 Å². The molecule has 1 aliphatic carbocycles. The molecule has 1 aliphatic heterocycles. The van der Waals surface area contributed by atoms with E-state index in [2.05, 4.69) is 19.8 Å². The summed E-state index contributed by atoms with van der Waals surface area (Å²) in [5, 5.41) is 1.56. The van der Waals surface area contributed by atoms with Crippen molar-refractivity contribution in [3.8, 4) is 11.5 Å². The zero-order valence-corrected chi connectivity index (χ0v) is 25.4. The number of anilines is 1. The van der Waals surface area contributed by atoms with Crippen LogP contribution in [0.4, 0.5) is 14.5 Å². The Morgan fingerprint density at radius 3 is 2.55 bits per heavy atom. The highest BCUT2D eigenvalue weighted by Gasteiger charge is 2.37. The summed E-state index contributed by atoms with van der Waals surface area (Å²) in [4.78, 5) is 24.6. The van der Waals surface area contributed by atoms with E-state index in [0.29, 0.717) is 47.9 Å². The summed E-state index contributed by atoms with van der Waals surface area (Å²) in [6.07, 6.45) is 4.98. The molecular weight excluding hydrogens is 586 g/mol. The maximum absolute atomic E-state index is 14.1. The van der Waals surface area contributed by atoms with Gasteiger partial charge in [0.15, 0.2) is 0 Å². The molecule has 0 spiro atoms. The van der Waals surface area contributed by atoms with E-state index >= 15 is 0 Å². The van der Waals surface area contributed by atoms with Crippen molar-refractivity contribution in [3.63, 3.8) is 0 Å². The monoisotopic (exact) mass is 620 g/mol. The first-order valence-corrected chi connectivity index (χ1v) is 15.2. The number of piperazine rings is 1. The minimum Gasteiger partial charge on any atom is -0.465 e. The molecule has 10 heteroatoms. The molecule has 2 aromatic heterocycles. The number of hydrogen-bond donors (Lipinski definition) is 1. The number of aromatic nitrogens is 2. The maximum atomic E-state index is 14.1. The Balaban J connectivity index is 1.19. The van der Waals surface area contributed by atoms with Gasteiger partial charge in [0.25, 0.3) is 0 Å². The van der Waals surface area contributed by atoms with Gasteiger partial charge in [-0.15, -0.1) is 0 Å². The molecule has 0 atom stereocenters. The third kappa shape index (κ3) is 6.30.